The van der Waals surface area contributed by atoms with Crippen molar-refractivity contribution in [1.29, 1.82) is 0 Å². The lowest BCUT2D eigenvalue weighted by Gasteiger charge is -2.27. The monoisotopic (exact) mass is 429 g/mol. The third-order valence-corrected chi connectivity index (χ3v) is 6.70. The Morgan fingerprint density at radius 1 is 1.10 bits per heavy atom. The number of anilines is 2. The zero-order valence-electron chi connectivity index (χ0n) is 16.0. The molecule has 0 bridgehead atoms. The van der Waals surface area contributed by atoms with E-state index < -0.39 is 0 Å². The van der Waals surface area contributed by atoms with Gasteiger partial charge in [-0.15, -0.1) is 0 Å². The van der Waals surface area contributed by atoms with Crippen LogP contribution < -0.4 is 16.0 Å². The van der Waals surface area contributed by atoms with E-state index in [9.17, 15) is 9.59 Å². The van der Waals surface area contributed by atoms with Crippen molar-refractivity contribution in [1.82, 2.24) is 5.32 Å². The van der Waals surface area contributed by atoms with Gasteiger partial charge in [0.15, 0.2) is 0 Å². The first-order valence-electron chi connectivity index (χ1n) is 9.93. The highest BCUT2D eigenvalue weighted by molar-refractivity contribution is 7.98. The van der Waals surface area contributed by atoms with Gasteiger partial charge < -0.3 is 16.0 Å². The quantitative estimate of drug-likeness (QED) is 0.623. The Kier molecular flexibility index (Phi) is 6.31. The Morgan fingerprint density at radius 2 is 1.86 bits per heavy atom. The largest absolute Gasteiger partial charge is 0.371 e. The summed E-state index contributed by atoms with van der Waals surface area (Å²) in [6, 6.07) is 13.1. The Labute approximate surface area is 180 Å². The van der Waals surface area contributed by atoms with E-state index in [0.29, 0.717) is 17.0 Å². The van der Waals surface area contributed by atoms with Crippen molar-refractivity contribution >= 4 is 46.6 Å². The molecule has 1 aliphatic carbocycles. The highest BCUT2D eigenvalue weighted by Crippen LogP contribution is 2.29. The fourth-order valence-corrected chi connectivity index (χ4v) is 4.86. The number of amides is 2. The van der Waals surface area contributed by atoms with Gasteiger partial charge in [-0.1, -0.05) is 36.6 Å². The zero-order chi connectivity index (χ0) is 20.2. The number of carbonyl (C=O) groups is 2. The second kappa shape index (κ2) is 9.09. The number of hydrogen-bond donors (Lipinski definition) is 3. The lowest BCUT2D eigenvalue weighted by atomic mass is 10.1. The molecule has 1 heterocycles. The van der Waals surface area contributed by atoms with Crippen molar-refractivity contribution in [2.24, 2.45) is 0 Å². The lowest BCUT2D eigenvalue weighted by molar-refractivity contribution is -0.116. The minimum Gasteiger partial charge on any atom is -0.371 e. The highest BCUT2D eigenvalue weighted by atomic mass is 35.5. The van der Waals surface area contributed by atoms with Gasteiger partial charge in [-0.25, -0.2) is 0 Å². The molecule has 4 rings (SSSR count). The van der Waals surface area contributed by atoms with Crippen LogP contribution in [0.5, 0.6) is 0 Å². The molecule has 1 atom stereocenters. The number of thioether (sulfide) groups is 1. The molecule has 5 nitrogen and oxygen atoms in total. The van der Waals surface area contributed by atoms with Gasteiger partial charge in [0.1, 0.15) is 6.04 Å². The number of carbonyl (C=O) groups excluding carboxylic acids is 2. The van der Waals surface area contributed by atoms with Crippen molar-refractivity contribution in [3.8, 4) is 0 Å². The first kappa shape index (κ1) is 20.1. The molecule has 0 aromatic heterocycles. The number of fused-ring (bicyclic) bond motifs is 1. The summed E-state index contributed by atoms with van der Waals surface area (Å²) >= 11 is 7.60. The topological polar surface area (TPSA) is 70.2 Å². The van der Waals surface area contributed by atoms with E-state index in [1.807, 2.05) is 36.4 Å². The van der Waals surface area contributed by atoms with Crippen LogP contribution in [0.15, 0.2) is 42.5 Å². The molecule has 1 aliphatic heterocycles. The van der Waals surface area contributed by atoms with Crippen LogP contribution in [0, 0.1) is 0 Å². The molecule has 1 unspecified atom stereocenters. The van der Waals surface area contributed by atoms with E-state index >= 15 is 0 Å². The smallest absolute Gasteiger partial charge is 0.251 e. The van der Waals surface area contributed by atoms with Gasteiger partial charge in [0, 0.05) is 28.1 Å². The summed E-state index contributed by atoms with van der Waals surface area (Å²) in [4.78, 5) is 25.0. The Bertz CT molecular complexity index is 897. The minimum atomic E-state index is -0.307. The van der Waals surface area contributed by atoms with Crippen LogP contribution >= 0.6 is 23.4 Å². The van der Waals surface area contributed by atoms with Crippen LogP contribution in [0.1, 0.15) is 41.6 Å². The third-order valence-electron chi connectivity index (χ3n) is 5.34. The molecule has 0 spiro atoms. The van der Waals surface area contributed by atoms with Crippen LogP contribution in [-0.4, -0.2) is 29.7 Å². The van der Waals surface area contributed by atoms with Crippen molar-refractivity contribution in [3.05, 3.63) is 58.6 Å². The summed E-state index contributed by atoms with van der Waals surface area (Å²) in [5, 5.41) is 10.0. The van der Waals surface area contributed by atoms with Crippen molar-refractivity contribution in [3.63, 3.8) is 0 Å². The number of hydrogen-bond acceptors (Lipinski definition) is 4. The van der Waals surface area contributed by atoms with E-state index in [0.717, 1.165) is 29.3 Å². The van der Waals surface area contributed by atoms with Crippen molar-refractivity contribution in [2.45, 2.75) is 43.5 Å². The normalized spacial score (nSPS) is 18.7. The van der Waals surface area contributed by atoms with E-state index in [1.165, 1.54) is 18.4 Å². The van der Waals surface area contributed by atoms with Crippen molar-refractivity contribution < 1.29 is 9.59 Å². The molecule has 7 heteroatoms. The molecule has 1 saturated carbocycles. The number of benzene rings is 2. The second-order valence-corrected chi connectivity index (χ2v) is 9.01. The maximum absolute atomic E-state index is 12.5. The Balaban J connectivity index is 1.34. The van der Waals surface area contributed by atoms with Crippen molar-refractivity contribution in [2.75, 3.05) is 16.4 Å². The molecule has 152 valence electrons. The fraction of sp³-hybridized carbons (Fsp3) is 0.364. The average Bonchev–Trinajstić information content (AvgIpc) is 3.22. The number of halogens is 1. The predicted molar refractivity (Wildman–Crippen MR) is 120 cm³/mol. The van der Waals surface area contributed by atoms with E-state index in [2.05, 4.69) is 16.0 Å². The van der Waals surface area contributed by atoms with E-state index in [-0.39, 0.29) is 23.9 Å². The summed E-state index contributed by atoms with van der Waals surface area (Å²) in [5.74, 6) is 1.32. The van der Waals surface area contributed by atoms with Gasteiger partial charge in [-0.3, -0.25) is 9.59 Å². The first-order valence-corrected chi connectivity index (χ1v) is 11.5. The van der Waals surface area contributed by atoms with Crippen LogP contribution in [0.25, 0.3) is 0 Å². The summed E-state index contributed by atoms with van der Waals surface area (Å²) < 4.78 is 0. The van der Waals surface area contributed by atoms with Crippen LogP contribution in [0.4, 0.5) is 11.4 Å². The van der Waals surface area contributed by atoms with Crippen LogP contribution in [0.3, 0.4) is 0 Å². The SMILES string of the molecule is O=C(NC1CCCC1)c1ccc2c(c1)NC(=O)C(CSCc1ccc(Cl)cc1)N2. The molecule has 1 fully saturated rings. The number of nitrogens with one attached hydrogen (secondary N) is 3. The minimum absolute atomic E-state index is 0.0745. The second-order valence-electron chi connectivity index (χ2n) is 7.54. The van der Waals surface area contributed by atoms with Gasteiger partial charge in [-0.05, 0) is 48.7 Å². The number of rotatable bonds is 6. The van der Waals surface area contributed by atoms with Gasteiger partial charge in [-0.2, -0.15) is 11.8 Å². The maximum atomic E-state index is 12.5. The van der Waals surface area contributed by atoms with Gasteiger partial charge >= 0.3 is 0 Å². The summed E-state index contributed by atoms with van der Waals surface area (Å²) in [7, 11) is 0. The van der Waals surface area contributed by atoms with E-state index in [1.54, 1.807) is 17.8 Å². The molecule has 2 amide bonds. The highest BCUT2D eigenvalue weighted by Gasteiger charge is 2.26. The predicted octanol–water partition coefficient (Wildman–Crippen LogP) is 4.68. The van der Waals surface area contributed by atoms with Gasteiger partial charge in [0.05, 0.1) is 11.4 Å². The third kappa shape index (κ3) is 5.06. The molecule has 0 radical (unpaired) electrons. The fourth-order valence-electron chi connectivity index (χ4n) is 3.72. The molecule has 2 aromatic rings. The summed E-state index contributed by atoms with van der Waals surface area (Å²) in [6.45, 7) is 0. The molecule has 2 aromatic carbocycles. The Hall–Kier alpha value is -2.18. The molecule has 3 N–H and O–H groups in total. The van der Waals surface area contributed by atoms with Crippen LogP contribution in [0.2, 0.25) is 5.02 Å². The average molecular weight is 430 g/mol. The molecule has 29 heavy (non-hydrogen) atoms. The van der Waals surface area contributed by atoms with E-state index in [4.69, 9.17) is 11.6 Å². The Morgan fingerprint density at radius 3 is 2.62 bits per heavy atom. The standard InChI is InChI=1S/C22H24ClN3O2S/c23-16-8-5-14(6-9-16)12-29-13-20-22(28)26-19-11-15(7-10-18(19)25-20)21(27)24-17-3-1-2-4-17/h5-11,17,20,25H,1-4,12-13H2,(H,24,27)(H,26,28). The molecular weight excluding hydrogens is 406 g/mol. The first-order chi connectivity index (χ1) is 14.1. The van der Waals surface area contributed by atoms with Gasteiger partial charge in [0.2, 0.25) is 5.91 Å². The lowest BCUT2D eigenvalue weighted by Crippen LogP contribution is -2.41. The summed E-state index contributed by atoms with van der Waals surface area (Å²) in [6.07, 6.45) is 4.44. The molecule has 2 aliphatic rings. The zero-order valence-corrected chi connectivity index (χ0v) is 17.6. The van der Waals surface area contributed by atoms with Gasteiger partial charge in [0.25, 0.3) is 5.91 Å². The van der Waals surface area contributed by atoms with Crippen LogP contribution in [-0.2, 0) is 10.5 Å². The molecular formula is C22H24ClN3O2S. The maximum Gasteiger partial charge on any atom is 0.251 e. The molecule has 0 saturated heterocycles. The summed E-state index contributed by atoms with van der Waals surface area (Å²) in [5.41, 5.74) is 3.26.